The van der Waals surface area contributed by atoms with Gasteiger partial charge in [0.2, 0.25) is 0 Å². The van der Waals surface area contributed by atoms with Crippen LogP contribution in [0.2, 0.25) is 0 Å². The first-order chi connectivity index (χ1) is 26.9. The Bertz CT molecular complexity index is 2830. The molecule has 2 heterocycles. The number of amides is 1. The Hall–Kier alpha value is -6.65. The van der Waals surface area contributed by atoms with Gasteiger partial charge in [-0.25, -0.2) is 0 Å². The molecule has 1 aliphatic heterocycles. The summed E-state index contributed by atoms with van der Waals surface area (Å²) in [6.45, 7) is 0. The van der Waals surface area contributed by atoms with Crippen LogP contribution in [0.15, 0.2) is 158 Å². The number of hydrogen-bond acceptors (Lipinski definition) is 2. The van der Waals surface area contributed by atoms with Crippen molar-refractivity contribution < 1.29 is 36.2 Å². The predicted molar refractivity (Wildman–Crippen MR) is 205 cm³/mol. The summed E-state index contributed by atoms with van der Waals surface area (Å²) in [6, 6.07) is 43.7. The van der Waals surface area contributed by atoms with Gasteiger partial charge in [0.25, 0.3) is 5.91 Å². The van der Waals surface area contributed by atoms with E-state index in [1.165, 1.54) is 17.0 Å². The van der Waals surface area contributed by atoms with Crippen molar-refractivity contribution >= 4 is 33.4 Å². The zero-order valence-corrected chi connectivity index (χ0v) is 29.1. The van der Waals surface area contributed by atoms with Crippen LogP contribution < -0.4 is 4.90 Å². The fourth-order valence-corrected chi connectivity index (χ4v) is 7.82. The second-order valence-corrected chi connectivity index (χ2v) is 13.6. The maximum absolute atomic E-state index is 14.8. The zero-order chi connectivity index (χ0) is 38.9. The van der Waals surface area contributed by atoms with E-state index >= 15 is 0 Å². The van der Waals surface area contributed by atoms with E-state index in [2.05, 4.69) is 0 Å². The maximum atomic E-state index is 14.8. The van der Waals surface area contributed by atoms with Crippen molar-refractivity contribution in [2.24, 2.45) is 0 Å². The Morgan fingerprint density at radius 2 is 1.16 bits per heavy atom. The summed E-state index contributed by atoms with van der Waals surface area (Å²) in [5.41, 5.74) is 3.12. The lowest BCUT2D eigenvalue weighted by atomic mass is 9.95. The summed E-state index contributed by atoms with van der Waals surface area (Å²) in [4.78, 5) is 16.1. The predicted octanol–water partition coefficient (Wildman–Crippen LogP) is 12.5. The molecular formula is C46H28F6N2O2. The molecule has 0 fully saturated rings. The summed E-state index contributed by atoms with van der Waals surface area (Å²) in [5, 5.41) is 13.1. The Balaban J connectivity index is 1.20. The Morgan fingerprint density at radius 1 is 0.500 bits per heavy atom. The van der Waals surface area contributed by atoms with Crippen LogP contribution in [0.3, 0.4) is 0 Å². The van der Waals surface area contributed by atoms with E-state index in [0.717, 1.165) is 28.3 Å². The number of para-hydroxylation sites is 1. The summed E-state index contributed by atoms with van der Waals surface area (Å²) in [6.07, 6.45) is -11.4. The molecule has 7 aromatic carbocycles. The Morgan fingerprint density at radius 3 is 1.88 bits per heavy atom. The number of benzene rings is 7. The van der Waals surface area contributed by atoms with Gasteiger partial charge in [-0.15, -0.1) is 0 Å². The van der Waals surface area contributed by atoms with Crippen LogP contribution in [0.25, 0.3) is 60.9 Å². The highest BCUT2D eigenvalue weighted by Gasteiger charge is 2.41. The third-order valence-corrected chi connectivity index (χ3v) is 10.4. The van der Waals surface area contributed by atoms with Crippen molar-refractivity contribution in [3.63, 3.8) is 0 Å². The number of halogens is 6. The van der Waals surface area contributed by atoms with E-state index in [1.54, 1.807) is 42.5 Å². The first-order valence-electron chi connectivity index (χ1n) is 17.6. The Kier molecular flexibility index (Phi) is 8.14. The number of aromatic nitrogens is 1. The van der Waals surface area contributed by atoms with Gasteiger partial charge in [0, 0.05) is 21.9 Å². The monoisotopic (exact) mass is 754 g/mol. The number of anilines is 1. The fourth-order valence-electron chi connectivity index (χ4n) is 7.82. The van der Waals surface area contributed by atoms with E-state index < -0.39 is 41.2 Å². The summed E-state index contributed by atoms with van der Waals surface area (Å²) in [7, 11) is 0. The highest BCUT2D eigenvalue weighted by molar-refractivity contribution is 6.17. The third kappa shape index (κ3) is 5.72. The number of rotatable bonds is 5. The van der Waals surface area contributed by atoms with Gasteiger partial charge >= 0.3 is 12.4 Å². The van der Waals surface area contributed by atoms with Gasteiger partial charge in [-0.2, -0.15) is 26.3 Å². The first kappa shape index (κ1) is 35.1. The third-order valence-electron chi connectivity index (χ3n) is 10.4. The minimum Gasteiger partial charge on any atom is -0.369 e. The van der Waals surface area contributed by atoms with Gasteiger partial charge in [0.15, 0.2) is 6.23 Å². The van der Waals surface area contributed by atoms with Crippen LogP contribution in [-0.4, -0.2) is 15.6 Å². The van der Waals surface area contributed by atoms with Gasteiger partial charge in [-0.3, -0.25) is 9.69 Å². The molecule has 0 spiro atoms. The molecule has 0 radical (unpaired) electrons. The largest absolute Gasteiger partial charge is 0.417 e. The number of alkyl halides is 6. The number of nitrogens with zero attached hydrogens (tertiary/aromatic N) is 2. The lowest BCUT2D eigenvalue weighted by Crippen LogP contribution is -2.28. The minimum absolute atomic E-state index is 0.0739. The molecule has 0 bridgehead atoms. The van der Waals surface area contributed by atoms with Crippen LogP contribution in [0.1, 0.15) is 33.3 Å². The SMILES string of the molecule is O=C1c2c(cccc2-n2c3ccccc3c3cc(-c4ccc(C(F)(F)F)cc4C(F)(F)F)ccc32)C(O)N1c1ccc(-c2ccccc2)cc1-c1ccccc1. The number of aliphatic hydroxyl groups excluding tert-OH is 1. The van der Waals surface area contributed by atoms with Crippen LogP contribution in [0.5, 0.6) is 0 Å². The smallest absolute Gasteiger partial charge is 0.369 e. The molecule has 1 amide bonds. The van der Waals surface area contributed by atoms with Crippen LogP contribution in [0, 0.1) is 0 Å². The molecule has 1 unspecified atom stereocenters. The molecule has 9 rings (SSSR count). The number of carbonyl (C=O) groups excluding carboxylic acids is 1. The zero-order valence-electron chi connectivity index (χ0n) is 29.1. The maximum Gasteiger partial charge on any atom is 0.417 e. The van der Waals surface area contributed by atoms with E-state index in [0.29, 0.717) is 44.8 Å². The highest BCUT2D eigenvalue weighted by atomic mass is 19.4. The number of carbonyl (C=O) groups is 1. The fraction of sp³-hybridized carbons (Fsp3) is 0.0652. The molecule has 276 valence electrons. The van der Waals surface area contributed by atoms with Gasteiger partial charge in [-0.1, -0.05) is 109 Å². The normalized spacial score (nSPS) is 14.5. The summed E-state index contributed by atoms with van der Waals surface area (Å²) >= 11 is 0. The van der Waals surface area contributed by atoms with Gasteiger partial charge in [-0.05, 0) is 76.3 Å². The molecule has 1 aliphatic rings. The minimum atomic E-state index is -5.06. The molecule has 0 aliphatic carbocycles. The second kappa shape index (κ2) is 13.0. The van der Waals surface area contributed by atoms with Crippen LogP contribution in [0.4, 0.5) is 32.0 Å². The van der Waals surface area contributed by atoms with Crippen molar-refractivity contribution in [1.29, 1.82) is 0 Å². The molecule has 4 nitrogen and oxygen atoms in total. The summed E-state index contributed by atoms with van der Waals surface area (Å²) in [5.74, 6) is -0.449. The molecular weight excluding hydrogens is 727 g/mol. The van der Waals surface area contributed by atoms with E-state index in [4.69, 9.17) is 0 Å². The number of aliphatic hydroxyl groups is 1. The van der Waals surface area contributed by atoms with Crippen molar-refractivity contribution in [3.05, 3.63) is 180 Å². The second-order valence-electron chi connectivity index (χ2n) is 13.6. The van der Waals surface area contributed by atoms with Crippen molar-refractivity contribution in [2.45, 2.75) is 18.6 Å². The summed E-state index contributed by atoms with van der Waals surface area (Å²) < 4.78 is 84.9. The van der Waals surface area contributed by atoms with Gasteiger partial charge < -0.3 is 9.67 Å². The van der Waals surface area contributed by atoms with Gasteiger partial charge in [0.05, 0.1) is 39.1 Å². The molecule has 8 aromatic rings. The average Bonchev–Trinajstić information content (AvgIpc) is 3.67. The standard InChI is InChI=1S/C46H28F6N2O2/c47-45(48,49)31-20-21-32(37(26-31)46(50,51)52)30-19-23-40-36(25-30)33-14-7-8-16-38(33)53(40)41-17-9-15-34-42(41)44(56)54(43(34)55)39-22-18-29(27-10-3-1-4-11-27)24-35(39)28-12-5-2-6-13-28/h1-26,43,55H. The Labute approximate surface area is 316 Å². The van der Waals surface area contributed by atoms with E-state index in [-0.39, 0.29) is 17.2 Å². The van der Waals surface area contributed by atoms with Crippen LogP contribution >= 0.6 is 0 Å². The van der Waals surface area contributed by atoms with Crippen molar-refractivity contribution in [3.8, 4) is 39.1 Å². The average molecular weight is 755 g/mol. The molecule has 0 saturated carbocycles. The molecule has 1 aromatic heterocycles. The van der Waals surface area contributed by atoms with Gasteiger partial charge in [0.1, 0.15) is 0 Å². The topological polar surface area (TPSA) is 45.5 Å². The number of hydrogen-bond donors (Lipinski definition) is 1. The molecule has 10 heteroatoms. The van der Waals surface area contributed by atoms with Crippen LogP contribution in [-0.2, 0) is 12.4 Å². The molecule has 0 saturated heterocycles. The van der Waals surface area contributed by atoms with Crippen molar-refractivity contribution in [2.75, 3.05) is 4.90 Å². The highest BCUT2D eigenvalue weighted by Crippen LogP contribution is 2.46. The number of fused-ring (bicyclic) bond motifs is 4. The lowest BCUT2D eigenvalue weighted by Gasteiger charge is -2.25. The molecule has 1 atom stereocenters. The van der Waals surface area contributed by atoms with E-state index in [9.17, 15) is 36.2 Å². The lowest BCUT2D eigenvalue weighted by molar-refractivity contribution is -0.142. The quantitative estimate of drug-likeness (QED) is 0.178. The van der Waals surface area contributed by atoms with Crippen molar-refractivity contribution in [1.82, 2.24) is 4.57 Å². The van der Waals surface area contributed by atoms with E-state index in [1.807, 2.05) is 89.5 Å². The molecule has 1 N–H and O–H groups in total. The first-order valence-corrected chi connectivity index (χ1v) is 17.6. The molecule has 56 heavy (non-hydrogen) atoms.